The molecule has 4 atom stereocenters. The van der Waals surface area contributed by atoms with Gasteiger partial charge in [-0.15, -0.1) is 15.8 Å². The Kier molecular flexibility index (Phi) is 9.89. The van der Waals surface area contributed by atoms with Gasteiger partial charge in [0.15, 0.2) is 0 Å². The van der Waals surface area contributed by atoms with Crippen LogP contribution < -0.4 is 0 Å². The third kappa shape index (κ3) is 6.93. The van der Waals surface area contributed by atoms with Gasteiger partial charge in [0.2, 0.25) is 0 Å². The summed E-state index contributed by atoms with van der Waals surface area (Å²) in [5.41, 5.74) is 2.25. The van der Waals surface area contributed by atoms with Gasteiger partial charge in [0.05, 0.1) is 0 Å². The van der Waals surface area contributed by atoms with Crippen LogP contribution in [0.5, 0.6) is 0 Å². The summed E-state index contributed by atoms with van der Waals surface area (Å²) in [4.78, 5) is 0. The van der Waals surface area contributed by atoms with Crippen LogP contribution in [0.4, 0.5) is 0 Å². The smallest absolute Gasteiger partial charge is 0.0141 e. The predicted octanol–water partition coefficient (Wildman–Crippen LogP) is 9.49. The Morgan fingerprint density at radius 2 is 0.733 bits per heavy atom. The predicted molar refractivity (Wildman–Crippen MR) is 140 cm³/mol. The maximum atomic E-state index is 2.79. The van der Waals surface area contributed by atoms with Gasteiger partial charge in [-0.3, -0.25) is 0 Å². The normalized spacial score (nSPS) is 29.0. The molecule has 0 amide bonds. The standard InChI is InChI=1S/C28H52P2/c1-29(21-25-15-7-8-16-25)27(19-23-11-3-4-12-23)28(20-24-13-5-6-14-24)30(2)22-26-17-9-10-18-26/h23-28H,3-22H2,1-2H3/t27-,28-,29?,30?/m1/s1. The molecule has 0 heterocycles. The minimum atomic E-state index is 0.235. The van der Waals surface area contributed by atoms with Crippen LogP contribution in [0.25, 0.3) is 0 Å². The lowest BCUT2D eigenvalue weighted by molar-refractivity contribution is 0.433. The first-order chi connectivity index (χ1) is 14.7. The number of rotatable bonds is 11. The van der Waals surface area contributed by atoms with Gasteiger partial charge >= 0.3 is 0 Å². The van der Waals surface area contributed by atoms with Crippen LogP contribution in [0.15, 0.2) is 0 Å². The van der Waals surface area contributed by atoms with Crippen LogP contribution in [0, 0.1) is 23.7 Å². The molecule has 0 aromatic heterocycles. The van der Waals surface area contributed by atoms with Crippen molar-refractivity contribution in [3.8, 4) is 0 Å². The second-order valence-corrected chi connectivity index (χ2v) is 17.2. The molecule has 0 bridgehead atoms. The van der Waals surface area contributed by atoms with E-state index in [2.05, 4.69) is 13.3 Å². The van der Waals surface area contributed by atoms with Crippen molar-refractivity contribution in [3.63, 3.8) is 0 Å². The van der Waals surface area contributed by atoms with Crippen LogP contribution in [0.2, 0.25) is 0 Å². The van der Waals surface area contributed by atoms with Crippen molar-refractivity contribution in [3.05, 3.63) is 0 Å². The van der Waals surface area contributed by atoms with Crippen molar-refractivity contribution in [1.29, 1.82) is 0 Å². The molecular formula is C28H52P2. The zero-order valence-electron chi connectivity index (χ0n) is 20.5. The highest BCUT2D eigenvalue weighted by atomic mass is 31.1. The Morgan fingerprint density at radius 3 is 1.03 bits per heavy atom. The van der Waals surface area contributed by atoms with Gasteiger partial charge in [-0.25, -0.2) is 0 Å². The fourth-order valence-corrected chi connectivity index (χ4v) is 14.9. The maximum absolute atomic E-state index is 2.79. The van der Waals surface area contributed by atoms with E-state index in [4.69, 9.17) is 0 Å². The average molecular weight is 451 g/mol. The third-order valence-corrected chi connectivity index (χ3v) is 15.5. The highest BCUT2D eigenvalue weighted by Gasteiger charge is 2.37. The van der Waals surface area contributed by atoms with Gasteiger partial charge in [0.1, 0.15) is 0 Å². The highest BCUT2D eigenvalue weighted by Crippen LogP contribution is 2.58. The minimum Gasteiger partial charge on any atom is -0.106 e. The van der Waals surface area contributed by atoms with E-state index in [9.17, 15) is 0 Å². The molecule has 4 aliphatic rings. The van der Waals surface area contributed by atoms with E-state index < -0.39 is 0 Å². The molecule has 2 unspecified atom stereocenters. The quantitative estimate of drug-likeness (QED) is 0.275. The van der Waals surface area contributed by atoms with E-state index in [1.807, 2.05) is 0 Å². The lowest BCUT2D eigenvalue weighted by atomic mass is 9.94. The van der Waals surface area contributed by atoms with Crippen molar-refractivity contribution in [2.75, 3.05) is 25.7 Å². The van der Waals surface area contributed by atoms with Crippen LogP contribution in [-0.2, 0) is 0 Å². The van der Waals surface area contributed by atoms with E-state index in [1.54, 1.807) is 76.5 Å². The molecule has 30 heavy (non-hydrogen) atoms. The molecule has 4 saturated carbocycles. The summed E-state index contributed by atoms with van der Waals surface area (Å²) in [5.74, 6) is 4.42. The molecule has 4 aliphatic carbocycles. The van der Waals surface area contributed by atoms with Gasteiger partial charge in [-0.2, -0.15) is 0 Å². The van der Waals surface area contributed by atoms with Crippen molar-refractivity contribution in [2.45, 2.75) is 127 Å². The van der Waals surface area contributed by atoms with Crippen LogP contribution >= 0.6 is 15.8 Å². The molecule has 4 fully saturated rings. The largest absolute Gasteiger partial charge is 0.106 e. The Morgan fingerprint density at radius 1 is 0.467 bits per heavy atom. The minimum absolute atomic E-state index is 0.235. The molecule has 0 aromatic carbocycles. The molecule has 0 spiro atoms. The van der Waals surface area contributed by atoms with Gasteiger partial charge in [-0.05, 0) is 73.5 Å². The van der Waals surface area contributed by atoms with Crippen LogP contribution in [0.1, 0.15) is 116 Å². The topological polar surface area (TPSA) is 0 Å². The second-order valence-electron chi connectivity index (χ2n) is 12.1. The van der Waals surface area contributed by atoms with E-state index >= 15 is 0 Å². The van der Waals surface area contributed by atoms with Gasteiger partial charge in [0.25, 0.3) is 0 Å². The first-order valence-electron chi connectivity index (χ1n) is 14.1. The van der Waals surface area contributed by atoms with Gasteiger partial charge in [0, 0.05) is 0 Å². The molecule has 0 nitrogen and oxygen atoms in total. The zero-order valence-corrected chi connectivity index (χ0v) is 22.3. The first kappa shape index (κ1) is 24.0. The maximum Gasteiger partial charge on any atom is -0.0141 e. The van der Waals surface area contributed by atoms with Crippen molar-refractivity contribution < 1.29 is 0 Å². The van der Waals surface area contributed by atoms with E-state index in [0.717, 1.165) is 35.0 Å². The SMILES string of the molecule is CP(CC1CCCC1)[C@H](CC1CCCC1)[C@@H](CC1CCCC1)P(C)CC1CCCC1. The highest BCUT2D eigenvalue weighted by molar-refractivity contribution is 7.62. The average Bonchev–Trinajstić information content (AvgIpc) is 3.54. The van der Waals surface area contributed by atoms with Crippen LogP contribution in [-0.4, -0.2) is 37.0 Å². The van der Waals surface area contributed by atoms with Gasteiger partial charge in [-0.1, -0.05) is 103 Å². The molecule has 0 radical (unpaired) electrons. The molecule has 2 heteroatoms. The summed E-state index contributed by atoms with van der Waals surface area (Å²) < 4.78 is 0. The first-order valence-corrected chi connectivity index (χ1v) is 18.2. The fraction of sp³-hybridized carbons (Fsp3) is 1.00. The van der Waals surface area contributed by atoms with E-state index in [-0.39, 0.29) is 15.8 Å². The van der Waals surface area contributed by atoms with Gasteiger partial charge < -0.3 is 0 Å². The molecule has 0 aliphatic heterocycles. The summed E-state index contributed by atoms with van der Waals surface area (Å²) in [6, 6.07) is 0. The molecule has 174 valence electrons. The van der Waals surface area contributed by atoms with Crippen molar-refractivity contribution in [1.82, 2.24) is 0 Å². The molecule has 0 saturated heterocycles. The summed E-state index contributed by atoms with van der Waals surface area (Å²) in [6.07, 6.45) is 31.4. The Bertz CT molecular complexity index is 423. The lowest BCUT2D eigenvalue weighted by Crippen LogP contribution is -2.30. The summed E-state index contributed by atoms with van der Waals surface area (Å²) in [6.45, 7) is 5.57. The van der Waals surface area contributed by atoms with E-state index in [1.165, 1.54) is 51.4 Å². The van der Waals surface area contributed by atoms with Crippen LogP contribution in [0.3, 0.4) is 0 Å². The lowest BCUT2D eigenvalue weighted by Gasteiger charge is -2.40. The molecule has 0 N–H and O–H groups in total. The summed E-state index contributed by atoms with van der Waals surface area (Å²) in [7, 11) is 0.470. The Balaban J connectivity index is 1.47. The molecular weight excluding hydrogens is 398 g/mol. The number of hydrogen-bond acceptors (Lipinski definition) is 0. The Labute approximate surface area is 192 Å². The number of hydrogen-bond donors (Lipinski definition) is 0. The monoisotopic (exact) mass is 450 g/mol. The summed E-state index contributed by atoms with van der Waals surface area (Å²) >= 11 is 0. The van der Waals surface area contributed by atoms with Crippen molar-refractivity contribution >= 4 is 15.8 Å². The Hall–Kier alpha value is 0.860. The second kappa shape index (κ2) is 12.4. The zero-order chi connectivity index (χ0) is 20.8. The molecule has 4 rings (SSSR count). The molecule has 0 aromatic rings. The third-order valence-electron chi connectivity index (χ3n) is 9.72. The summed E-state index contributed by atoms with van der Waals surface area (Å²) in [5, 5.41) is 0. The van der Waals surface area contributed by atoms with Crippen molar-refractivity contribution in [2.24, 2.45) is 23.7 Å². The fourth-order valence-electron chi connectivity index (χ4n) is 7.91. The van der Waals surface area contributed by atoms with E-state index in [0.29, 0.717) is 0 Å².